The second-order valence-corrected chi connectivity index (χ2v) is 5.82. The fourth-order valence-electron chi connectivity index (χ4n) is 2.55. The third-order valence-electron chi connectivity index (χ3n) is 4.03. The molecule has 0 spiro atoms. The van der Waals surface area contributed by atoms with E-state index in [0.717, 1.165) is 5.69 Å². The van der Waals surface area contributed by atoms with Crippen molar-refractivity contribution in [1.82, 2.24) is 4.98 Å². The third-order valence-corrected chi connectivity index (χ3v) is 4.03. The van der Waals surface area contributed by atoms with Crippen LogP contribution in [0, 0.1) is 18.3 Å². The molecule has 0 saturated carbocycles. The number of hydrogen-bond donors (Lipinski definition) is 2. The van der Waals surface area contributed by atoms with Gasteiger partial charge in [-0.1, -0.05) is 36.4 Å². The maximum Gasteiger partial charge on any atom is 0.274 e. The van der Waals surface area contributed by atoms with E-state index in [4.69, 9.17) is 5.26 Å². The van der Waals surface area contributed by atoms with Gasteiger partial charge in [-0.2, -0.15) is 5.26 Å². The molecule has 0 fully saturated rings. The Labute approximate surface area is 152 Å². The average molecular weight is 342 g/mol. The van der Waals surface area contributed by atoms with Crippen molar-refractivity contribution in [1.29, 1.82) is 5.26 Å². The van der Waals surface area contributed by atoms with Crippen LogP contribution in [0.15, 0.2) is 66.9 Å². The van der Waals surface area contributed by atoms with Crippen LogP contribution in [0.1, 0.15) is 27.2 Å². The number of nitriles is 1. The number of para-hydroxylation sites is 1. The van der Waals surface area contributed by atoms with Gasteiger partial charge in [-0.3, -0.25) is 9.78 Å². The Kier molecular flexibility index (Phi) is 5.25. The Morgan fingerprint density at radius 3 is 2.69 bits per heavy atom. The van der Waals surface area contributed by atoms with Gasteiger partial charge in [-0.05, 0) is 42.3 Å². The summed E-state index contributed by atoms with van der Waals surface area (Å²) in [5, 5.41) is 15.2. The summed E-state index contributed by atoms with van der Waals surface area (Å²) < 4.78 is 0. The van der Waals surface area contributed by atoms with Gasteiger partial charge in [-0.15, -0.1) is 0 Å². The molecular weight excluding hydrogens is 324 g/mol. The highest BCUT2D eigenvalue weighted by molar-refractivity contribution is 6.04. The molecule has 0 unspecified atom stereocenters. The van der Waals surface area contributed by atoms with Gasteiger partial charge >= 0.3 is 0 Å². The normalized spacial score (nSPS) is 10.0. The van der Waals surface area contributed by atoms with Gasteiger partial charge < -0.3 is 10.6 Å². The fraction of sp³-hybridized carbons (Fsp3) is 0.0952. The minimum atomic E-state index is -0.354. The number of carbonyl (C=O) groups excluding carboxylic acids is 1. The molecule has 0 aliphatic carbocycles. The van der Waals surface area contributed by atoms with Crippen LogP contribution in [0.2, 0.25) is 0 Å². The summed E-state index contributed by atoms with van der Waals surface area (Å²) in [7, 11) is 0. The van der Waals surface area contributed by atoms with E-state index in [0.29, 0.717) is 17.8 Å². The zero-order valence-corrected chi connectivity index (χ0v) is 14.4. The standard InChI is InChI=1S/C21H18N4O/c1-15-6-2-3-8-17(15)14-24-18-10-11-23-20(12-18)21(26)25-19-9-5-4-7-16(19)13-22/h2-12H,14H2,1H3,(H,23,24)(H,25,26). The highest BCUT2D eigenvalue weighted by atomic mass is 16.1. The van der Waals surface area contributed by atoms with E-state index in [1.165, 1.54) is 11.1 Å². The van der Waals surface area contributed by atoms with Crippen LogP contribution < -0.4 is 10.6 Å². The van der Waals surface area contributed by atoms with Crippen LogP contribution in [0.25, 0.3) is 0 Å². The number of aryl methyl sites for hydroxylation is 1. The first-order valence-corrected chi connectivity index (χ1v) is 8.22. The Morgan fingerprint density at radius 2 is 1.88 bits per heavy atom. The molecule has 0 radical (unpaired) electrons. The lowest BCUT2D eigenvalue weighted by Gasteiger charge is -2.10. The number of benzene rings is 2. The highest BCUT2D eigenvalue weighted by Gasteiger charge is 2.11. The highest BCUT2D eigenvalue weighted by Crippen LogP contribution is 2.16. The van der Waals surface area contributed by atoms with E-state index in [9.17, 15) is 4.79 Å². The molecule has 128 valence electrons. The summed E-state index contributed by atoms with van der Waals surface area (Å²) in [4.78, 5) is 16.6. The van der Waals surface area contributed by atoms with Crippen molar-refractivity contribution in [2.24, 2.45) is 0 Å². The molecule has 0 aliphatic heterocycles. The molecule has 3 rings (SSSR count). The minimum absolute atomic E-state index is 0.285. The van der Waals surface area contributed by atoms with E-state index in [1.54, 1.807) is 36.5 Å². The molecule has 3 aromatic rings. The average Bonchev–Trinajstić information content (AvgIpc) is 2.68. The van der Waals surface area contributed by atoms with Crippen LogP contribution in [-0.4, -0.2) is 10.9 Å². The summed E-state index contributed by atoms with van der Waals surface area (Å²) in [6.45, 7) is 2.73. The lowest BCUT2D eigenvalue weighted by molar-refractivity contribution is 0.102. The Morgan fingerprint density at radius 1 is 1.12 bits per heavy atom. The summed E-state index contributed by atoms with van der Waals surface area (Å²) in [5.74, 6) is -0.354. The summed E-state index contributed by atoms with van der Waals surface area (Å²) in [6.07, 6.45) is 1.59. The first-order valence-electron chi connectivity index (χ1n) is 8.22. The molecular formula is C21H18N4O. The predicted octanol–water partition coefficient (Wildman–Crippen LogP) is 4.13. The number of rotatable bonds is 5. The number of carbonyl (C=O) groups is 1. The van der Waals surface area contributed by atoms with Crippen LogP contribution in [0.4, 0.5) is 11.4 Å². The number of aromatic nitrogens is 1. The molecule has 0 saturated heterocycles. The van der Waals surface area contributed by atoms with Gasteiger partial charge in [0.05, 0.1) is 11.3 Å². The van der Waals surface area contributed by atoms with Crippen molar-refractivity contribution in [3.63, 3.8) is 0 Å². The fourth-order valence-corrected chi connectivity index (χ4v) is 2.55. The lowest BCUT2D eigenvalue weighted by Crippen LogP contribution is -2.15. The summed E-state index contributed by atoms with van der Waals surface area (Å²) in [6, 6.07) is 20.6. The van der Waals surface area contributed by atoms with Crippen LogP contribution in [0.5, 0.6) is 0 Å². The molecule has 0 bridgehead atoms. The number of pyridine rings is 1. The van der Waals surface area contributed by atoms with Crippen molar-refractivity contribution in [3.8, 4) is 6.07 Å². The number of nitrogens with zero attached hydrogens (tertiary/aromatic N) is 2. The van der Waals surface area contributed by atoms with E-state index < -0.39 is 0 Å². The monoisotopic (exact) mass is 342 g/mol. The molecule has 26 heavy (non-hydrogen) atoms. The smallest absolute Gasteiger partial charge is 0.274 e. The topological polar surface area (TPSA) is 77.8 Å². The largest absolute Gasteiger partial charge is 0.381 e. The van der Waals surface area contributed by atoms with Crippen LogP contribution >= 0.6 is 0 Å². The van der Waals surface area contributed by atoms with Crippen molar-refractivity contribution in [2.45, 2.75) is 13.5 Å². The van der Waals surface area contributed by atoms with Crippen molar-refractivity contribution in [3.05, 3.63) is 89.2 Å². The predicted molar refractivity (Wildman–Crippen MR) is 102 cm³/mol. The zero-order valence-electron chi connectivity index (χ0n) is 14.4. The second kappa shape index (κ2) is 7.95. The molecule has 0 atom stereocenters. The second-order valence-electron chi connectivity index (χ2n) is 5.82. The quantitative estimate of drug-likeness (QED) is 0.731. The maximum atomic E-state index is 12.5. The molecule has 2 N–H and O–H groups in total. The van der Waals surface area contributed by atoms with Gasteiger partial charge in [-0.25, -0.2) is 0 Å². The number of anilines is 2. The Balaban J connectivity index is 1.71. The van der Waals surface area contributed by atoms with Gasteiger partial charge in [0.1, 0.15) is 11.8 Å². The number of nitrogens with one attached hydrogen (secondary N) is 2. The van der Waals surface area contributed by atoms with Gasteiger partial charge in [0, 0.05) is 18.4 Å². The molecule has 5 nitrogen and oxygen atoms in total. The van der Waals surface area contributed by atoms with Gasteiger partial charge in [0.15, 0.2) is 0 Å². The van der Waals surface area contributed by atoms with Crippen molar-refractivity contribution >= 4 is 17.3 Å². The van der Waals surface area contributed by atoms with E-state index >= 15 is 0 Å². The molecule has 5 heteroatoms. The maximum absolute atomic E-state index is 12.5. The third kappa shape index (κ3) is 4.05. The van der Waals surface area contributed by atoms with Crippen molar-refractivity contribution in [2.75, 3.05) is 10.6 Å². The number of hydrogen-bond acceptors (Lipinski definition) is 4. The zero-order chi connectivity index (χ0) is 18.4. The van der Waals surface area contributed by atoms with Gasteiger partial charge in [0.25, 0.3) is 5.91 Å². The molecule has 1 amide bonds. The summed E-state index contributed by atoms with van der Waals surface area (Å²) >= 11 is 0. The Bertz CT molecular complexity index is 975. The van der Waals surface area contributed by atoms with Crippen molar-refractivity contribution < 1.29 is 4.79 Å². The molecule has 1 aromatic heterocycles. The van der Waals surface area contributed by atoms with Crippen LogP contribution in [-0.2, 0) is 6.54 Å². The van der Waals surface area contributed by atoms with E-state index in [-0.39, 0.29) is 11.6 Å². The summed E-state index contributed by atoms with van der Waals surface area (Å²) in [5.41, 5.74) is 4.38. The first kappa shape index (κ1) is 17.2. The molecule has 0 aliphatic rings. The van der Waals surface area contributed by atoms with E-state index in [1.807, 2.05) is 18.2 Å². The molecule has 1 heterocycles. The lowest BCUT2D eigenvalue weighted by atomic mass is 10.1. The first-order chi connectivity index (χ1) is 12.7. The SMILES string of the molecule is Cc1ccccc1CNc1ccnc(C(=O)Nc2ccccc2C#N)c1. The van der Waals surface area contributed by atoms with Gasteiger partial charge in [0.2, 0.25) is 0 Å². The molecule has 2 aromatic carbocycles. The minimum Gasteiger partial charge on any atom is -0.381 e. The number of amides is 1. The van der Waals surface area contributed by atoms with E-state index in [2.05, 4.69) is 40.7 Å². The van der Waals surface area contributed by atoms with Crippen LogP contribution in [0.3, 0.4) is 0 Å². The Hall–Kier alpha value is -3.65.